The molecule has 0 heterocycles. The molecule has 0 amide bonds. The van der Waals surface area contributed by atoms with Crippen molar-refractivity contribution in [1.82, 2.24) is 0 Å². The van der Waals surface area contributed by atoms with Gasteiger partial charge in [0.25, 0.3) is 10.0 Å². The molecule has 1 unspecified atom stereocenters. The predicted octanol–water partition coefficient (Wildman–Crippen LogP) is 4.40. The van der Waals surface area contributed by atoms with E-state index in [0.717, 1.165) is 12.0 Å². The van der Waals surface area contributed by atoms with Crippen LogP contribution in [-0.2, 0) is 10.0 Å². The van der Waals surface area contributed by atoms with Gasteiger partial charge in [0.1, 0.15) is 5.75 Å². The zero-order valence-electron chi connectivity index (χ0n) is 13.7. The van der Waals surface area contributed by atoms with Gasteiger partial charge < -0.3 is 4.74 Å². The number of anilines is 1. The second kappa shape index (κ2) is 7.51. The van der Waals surface area contributed by atoms with Crippen molar-refractivity contribution in [3.05, 3.63) is 54.1 Å². The maximum Gasteiger partial charge on any atom is 0.261 e. The molecule has 2 aromatic carbocycles. The Labute approximate surface area is 138 Å². The predicted molar refractivity (Wildman–Crippen MR) is 93.6 cm³/mol. The van der Waals surface area contributed by atoms with Gasteiger partial charge >= 0.3 is 0 Å². The number of hydrogen-bond donors (Lipinski definition) is 1. The highest BCUT2D eigenvalue weighted by Gasteiger charge is 2.17. The number of benzene rings is 2. The molecule has 4 nitrogen and oxygen atoms in total. The van der Waals surface area contributed by atoms with Gasteiger partial charge in [-0.05, 0) is 55.2 Å². The average molecular weight is 333 g/mol. The maximum atomic E-state index is 12.6. The minimum absolute atomic E-state index is 0.222. The van der Waals surface area contributed by atoms with Crippen LogP contribution in [0.5, 0.6) is 5.75 Å². The second-order valence-corrected chi connectivity index (χ2v) is 7.09. The molecule has 0 aromatic heterocycles. The first-order valence-corrected chi connectivity index (χ1v) is 9.30. The van der Waals surface area contributed by atoms with E-state index in [1.165, 1.54) is 0 Å². The summed E-state index contributed by atoms with van der Waals surface area (Å²) < 4.78 is 33.2. The molecule has 0 fully saturated rings. The molecule has 0 bridgehead atoms. The van der Waals surface area contributed by atoms with Gasteiger partial charge in [-0.1, -0.05) is 32.0 Å². The molecule has 2 aromatic rings. The topological polar surface area (TPSA) is 55.4 Å². The fourth-order valence-electron chi connectivity index (χ4n) is 2.32. The summed E-state index contributed by atoms with van der Waals surface area (Å²) in [5, 5.41) is 0. The lowest BCUT2D eigenvalue weighted by Gasteiger charge is -2.16. The van der Waals surface area contributed by atoms with Crippen molar-refractivity contribution in [1.29, 1.82) is 0 Å². The Morgan fingerprint density at radius 2 is 1.70 bits per heavy atom. The van der Waals surface area contributed by atoms with Crippen LogP contribution in [0.25, 0.3) is 0 Å². The van der Waals surface area contributed by atoms with E-state index >= 15 is 0 Å². The van der Waals surface area contributed by atoms with E-state index in [9.17, 15) is 8.42 Å². The Hall–Kier alpha value is -2.01. The quantitative estimate of drug-likeness (QED) is 0.817. The monoisotopic (exact) mass is 333 g/mol. The third-order valence-corrected chi connectivity index (χ3v) is 5.17. The smallest absolute Gasteiger partial charge is 0.261 e. The van der Waals surface area contributed by atoms with Crippen LogP contribution >= 0.6 is 0 Å². The maximum absolute atomic E-state index is 12.6. The standard InChI is InChI=1S/C18H23NO3S/c1-4-14(3)17-8-6-7-9-18(17)19-23(20,21)16-12-10-15(11-13-16)22-5-2/h6-14,19H,4-5H2,1-3H3. The van der Waals surface area contributed by atoms with Gasteiger partial charge in [-0.3, -0.25) is 4.72 Å². The van der Waals surface area contributed by atoms with Crippen LogP contribution in [0, 0.1) is 0 Å². The number of nitrogens with one attached hydrogen (secondary N) is 1. The molecule has 5 heteroatoms. The highest BCUT2D eigenvalue weighted by atomic mass is 32.2. The van der Waals surface area contributed by atoms with Crippen LogP contribution in [-0.4, -0.2) is 15.0 Å². The van der Waals surface area contributed by atoms with Gasteiger partial charge in [0.05, 0.1) is 17.2 Å². The summed E-state index contributed by atoms with van der Waals surface area (Å²) in [6, 6.07) is 14.0. The lowest BCUT2D eigenvalue weighted by atomic mass is 9.97. The van der Waals surface area contributed by atoms with Gasteiger partial charge in [0, 0.05) is 0 Å². The summed E-state index contributed by atoms with van der Waals surface area (Å²) in [6.07, 6.45) is 0.946. The SMILES string of the molecule is CCOc1ccc(S(=O)(=O)Nc2ccccc2C(C)CC)cc1. The molecule has 1 N–H and O–H groups in total. The Kier molecular flexibility index (Phi) is 5.66. The van der Waals surface area contributed by atoms with Crippen molar-refractivity contribution in [3.8, 4) is 5.75 Å². The summed E-state index contributed by atoms with van der Waals surface area (Å²) >= 11 is 0. The Balaban J connectivity index is 2.28. The first kappa shape index (κ1) is 17.3. The largest absolute Gasteiger partial charge is 0.494 e. The lowest BCUT2D eigenvalue weighted by molar-refractivity contribution is 0.340. The third kappa shape index (κ3) is 4.26. The van der Waals surface area contributed by atoms with E-state index in [1.54, 1.807) is 30.3 Å². The van der Waals surface area contributed by atoms with Crippen LogP contribution in [0.4, 0.5) is 5.69 Å². The van der Waals surface area contributed by atoms with Crippen LogP contribution in [0.3, 0.4) is 0 Å². The lowest BCUT2D eigenvalue weighted by Crippen LogP contribution is -2.14. The number of rotatable bonds is 7. The summed E-state index contributed by atoms with van der Waals surface area (Å²) in [4.78, 5) is 0.222. The zero-order chi connectivity index (χ0) is 16.9. The molecule has 124 valence electrons. The molecule has 0 saturated carbocycles. The van der Waals surface area contributed by atoms with Gasteiger partial charge in [0.2, 0.25) is 0 Å². The minimum Gasteiger partial charge on any atom is -0.494 e. The van der Waals surface area contributed by atoms with Crippen molar-refractivity contribution < 1.29 is 13.2 Å². The molecular weight excluding hydrogens is 310 g/mol. The zero-order valence-corrected chi connectivity index (χ0v) is 14.6. The van der Waals surface area contributed by atoms with Crippen molar-refractivity contribution in [2.45, 2.75) is 38.0 Å². The molecule has 0 aliphatic heterocycles. The van der Waals surface area contributed by atoms with Crippen LogP contribution in [0.15, 0.2) is 53.4 Å². The molecule has 1 atom stereocenters. The highest BCUT2D eigenvalue weighted by molar-refractivity contribution is 7.92. The first-order valence-electron chi connectivity index (χ1n) is 7.82. The average Bonchev–Trinajstić information content (AvgIpc) is 2.55. The fraction of sp³-hybridized carbons (Fsp3) is 0.333. The molecule has 0 spiro atoms. The van der Waals surface area contributed by atoms with Crippen LogP contribution < -0.4 is 9.46 Å². The fourth-order valence-corrected chi connectivity index (χ4v) is 3.41. The Morgan fingerprint density at radius 1 is 1.04 bits per heavy atom. The highest BCUT2D eigenvalue weighted by Crippen LogP contribution is 2.28. The van der Waals surface area contributed by atoms with Crippen LogP contribution in [0.2, 0.25) is 0 Å². The molecule has 23 heavy (non-hydrogen) atoms. The second-order valence-electron chi connectivity index (χ2n) is 5.41. The van der Waals surface area contributed by atoms with E-state index in [0.29, 0.717) is 18.0 Å². The molecule has 0 saturated heterocycles. The Morgan fingerprint density at radius 3 is 2.30 bits per heavy atom. The number of ether oxygens (including phenoxy) is 1. The van der Waals surface area contributed by atoms with Gasteiger partial charge in [-0.25, -0.2) is 8.42 Å². The molecular formula is C18H23NO3S. The molecule has 0 radical (unpaired) electrons. The minimum atomic E-state index is -3.61. The number of para-hydroxylation sites is 1. The van der Waals surface area contributed by atoms with Gasteiger partial charge in [-0.15, -0.1) is 0 Å². The molecule has 0 aliphatic rings. The summed E-state index contributed by atoms with van der Waals surface area (Å²) in [5.41, 5.74) is 1.64. The molecule has 2 rings (SSSR count). The van der Waals surface area contributed by atoms with Crippen molar-refractivity contribution in [2.24, 2.45) is 0 Å². The first-order chi connectivity index (χ1) is 11.0. The van der Waals surface area contributed by atoms with Crippen LogP contribution in [0.1, 0.15) is 38.7 Å². The van der Waals surface area contributed by atoms with E-state index in [1.807, 2.05) is 25.1 Å². The summed E-state index contributed by atoms with van der Waals surface area (Å²) in [6.45, 7) is 6.61. The van der Waals surface area contributed by atoms with Gasteiger partial charge in [-0.2, -0.15) is 0 Å². The van der Waals surface area contributed by atoms with Crippen molar-refractivity contribution in [3.63, 3.8) is 0 Å². The van der Waals surface area contributed by atoms with Gasteiger partial charge in [0.15, 0.2) is 0 Å². The van der Waals surface area contributed by atoms with Crippen molar-refractivity contribution >= 4 is 15.7 Å². The summed E-state index contributed by atoms with van der Waals surface area (Å²) in [5.74, 6) is 0.945. The Bertz CT molecular complexity index is 739. The van der Waals surface area contributed by atoms with E-state index in [4.69, 9.17) is 4.74 Å². The van der Waals surface area contributed by atoms with E-state index < -0.39 is 10.0 Å². The van der Waals surface area contributed by atoms with Crippen molar-refractivity contribution in [2.75, 3.05) is 11.3 Å². The number of sulfonamides is 1. The molecule has 0 aliphatic carbocycles. The number of hydrogen-bond acceptors (Lipinski definition) is 3. The van der Waals surface area contributed by atoms with E-state index in [2.05, 4.69) is 18.6 Å². The third-order valence-electron chi connectivity index (χ3n) is 3.79. The van der Waals surface area contributed by atoms with E-state index in [-0.39, 0.29) is 10.8 Å². The summed E-state index contributed by atoms with van der Waals surface area (Å²) in [7, 11) is -3.61. The normalized spacial score (nSPS) is 12.7.